The Bertz CT molecular complexity index is 1760. The SMILES string of the molecule is CS(=O)(=O)c1ccc(C(=O)N(CCN2CCC(Cc3nc(-c4ccc(S(C)(=O)=O)cc4)no3)CC2)c2ccccc2)cc1. The summed E-state index contributed by atoms with van der Waals surface area (Å²) < 4.78 is 52.6. The van der Waals surface area contributed by atoms with E-state index < -0.39 is 19.7 Å². The maximum Gasteiger partial charge on any atom is 0.258 e. The number of benzene rings is 3. The van der Waals surface area contributed by atoms with Gasteiger partial charge < -0.3 is 14.3 Å². The molecule has 0 N–H and O–H groups in total. The van der Waals surface area contributed by atoms with E-state index in [2.05, 4.69) is 15.0 Å². The molecule has 2 heterocycles. The molecule has 0 aliphatic carbocycles. The average Bonchev–Trinajstić information content (AvgIpc) is 3.46. The minimum atomic E-state index is -3.35. The zero-order chi connectivity index (χ0) is 30.6. The van der Waals surface area contributed by atoms with Crippen LogP contribution in [-0.2, 0) is 26.1 Å². The first kappa shape index (κ1) is 30.6. The summed E-state index contributed by atoms with van der Waals surface area (Å²) in [4.78, 5) is 22.5. The van der Waals surface area contributed by atoms with Crippen LogP contribution in [0.1, 0.15) is 29.1 Å². The Hall–Kier alpha value is -3.87. The predicted molar refractivity (Wildman–Crippen MR) is 163 cm³/mol. The number of hydrogen-bond donors (Lipinski definition) is 0. The van der Waals surface area contributed by atoms with Gasteiger partial charge in [-0.15, -0.1) is 0 Å². The lowest BCUT2D eigenvalue weighted by molar-refractivity contribution is 0.0980. The highest BCUT2D eigenvalue weighted by Gasteiger charge is 2.24. The largest absolute Gasteiger partial charge is 0.339 e. The van der Waals surface area contributed by atoms with Crippen LogP contribution in [0.2, 0.25) is 0 Å². The van der Waals surface area contributed by atoms with Gasteiger partial charge >= 0.3 is 0 Å². The molecular weight excluding hydrogens is 588 g/mol. The molecule has 0 bridgehead atoms. The van der Waals surface area contributed by atoms with Crippen molar-refractivity contribution in [1.29, 1.82) is 0 Å². The number of aromatic nitrogens is 2. The normalized spacial score (nSPS) is 14.9. The summed E-state index contributed by atoms with van der Waals surface area (Å²) in [6.07, 6.45) is 4.88. The Morgan fingerprint density at radius 2 is 1.44 bits per heavy atom. The molecule has 226 valence electrons. The van der Waals surface area contributed by atoms with Crippen LogP contribution in [0.4, 0.5) is 5.69 Å². The van der Waals surface area contributed by atoms with Crippen LogP contribution in [0.5, 0.6) is 0 Å². The van der Waals surface area contributed by atoms with Crippen molar-refractivity contribution in [3.05, 3.63) is 90.3 Å². The predicted octanol–water partition coefficient (Wildman–Crippen LogP) is 4.15. The number of nitrogens with zero attached hydrogens (tertiary/aromatic N) is 4. The Labute approximate surface area is 252 Å². The highest BCUT2D eigenvalue weighted by atomic mass is 32.2. The molecule has 0 radical (unpaired) electrons. The Morgan fingerprint density at radius 1 is 0.860 bits per heavy atom. The number of hydrogen-bond acceptors (Lipinski definition) is 9. The van der Waals surface area contributed by atoms with Crippen molar-refractivity contribution in [3.8, 4) is 11.4 Å². The van der Waals surface area contributed by atoms with Gasteiger partial charge in [0.05, 0.1) is 9.79 Å². The highest BCUT2D eigenvalue weighted by molar-refractivity contribution is 7.91. The molecule has 1 aliphatic rings. The van der Waals surface area contributed by atoms with E-state index in [4.69, 9.17) is 4.52 Å². The van der Waals surface area contributed by atoms with E-state index in [0.29, 0.717) is 48.3 Å². The van der Waals surface area contributed by atoms with E-state index in [-0.39, 0.29) is 15.7 Å². The minimum absolute atomic E-state index is 0.179. The molecule has 10 nitrogen and oxygen atoms in total. The Balaban J connectivity index is 1.16. The van der Waals surface area contributed by atoms with Gasteiger partial charge in [-0.2, -0.15) is 4.98 Å². The minimum Gasteiger partial charge on any atom is -0.339 e. The number of sulfone groups is 2. The second-order valence-corrected chi connectivity index (χ2v) is 14.9. The van der Waals surface area contributed by atoms with Crippen LogP contribution in [0.3, 0.4) is 0 Å². The van der Waals surface area contributed by atoms with Gasteiger partial charge in [0.25, 0.3) is 5.91 Å². The van der Waals surface area contributed by atoms with Gasteiger partial charge in [0.15, 0.2) is 19.7 Å². The maximum absolute atomic E-state index is 13.5. The molecule has 1 saturated heterocycles. The van der Waals surface area contributed by atoms with Crippen LogP contribution in [0.15, 0.2) is 93.2 Å². The van der Waals surface area contributed by atoms with E-state index in [9.17, 15) is 21.6 Å². The topological polar surface area (TPSA) is 131 Å². The van der Waals surface area contributed by atoms with Gasteiger partial charge in [-0.3, -0.25) is 4.79 Å². The van der Waals surface area contributed by atoms with Crippen LogP contribution in [0.25, 0.3) is 11.4 Å². The molecule has 5 rings (SSSR count). The third-order valence-corrected chi connectivity index (χ3v) is 9.92. The molecule has 43 heavy (non-hydrogen) atoms. The number of rotatable bonds is 10. The van der Waals surface area contributed by atoms with E-state index in [1.54, 1.807) is 29.2 Å². The Kier molecular flexibility index (Phi) is 9.09. The highest BCUT2D eigenvalue weighted by Crippen LogP contribution is 2.25. The quantitative estimate of drug-likeness (QED) is 0.256. The number of amides is 1. The summed E-state index contributed by atoms with van der Waals surface area (Å²) in [7, 11) is -6.62. The van der Waals surface area contributed by atoms with Crippen molar-refractivity contribution in [2.45, 2.75) is 29.1 Å². The Morgan fingerprint density at radius 3 is 2.02 bits per heavy atom. The molecule has 0 atom stereocenters. The number of carbonyl (C=O) groups is 1. The van der Waals surface area contributed by atoms with Crippen LogP contribution < -0.4 is 4.90 Å². The molecule has 3 aromatic carbocycles. The van der Waals surface area contributed by atoms with Crippen molar-refractivity contribution in [3.63, 3.8) is 0 Å². The standard InChI is InChI=1S/C31H34N4O6S2/c1-42(37,38)27-12-8-24(9-13-27)30-32-29(41-33-30)22-23-16-18-34(19-17-23)20-21-35(26-6-4-3-5-7-26)31(36)25-10-14-28(15-11-25)43(2,39)40/h3-15,23H,16-22H2,1-2H3. The smallest absolute Gasteiger partial charge is 0.258 e. The second kappa shape index (κ2) is 12.8. The fourth-order valence-corrected chi connectivity index (χ4v) is 6.43. The molecule has 12 heteroatoms. The second-order valence-electron chi connectivity index (χ2n) is 10.9. The summed E-state index contributed by atoms with van der Waals surface area (Å²) in [5.41, 5.74) is 1.91. The number of carbonyl (C=O) groups excluding carboxylic acids is 1. The van der Waals surface area contributed by atoms with Gasteiger partial charge in [-0.1, -0.05) is 23.4 Å². The van der Waals surface area contributed by atoms with Crippen molar-refractivity contribution >= 4 is 31.3 Å². The van der Waals surface area contributed by atoms with Gasteiger partial charge in [0.2, 0.25) is 11.7 Å². The van der Waals surface area contributed by atoms with E-state index in [1.165, 1.54) is 30.5 Å². The monoisotopic (exact) mass is 622 g/mol. The summed E-state index contributed by atoms with van der Waals surface area (Å²) in [6, 6.07) is 22.0. The zero-order valence-corrected chi connectivity index (χ0v) is 25.7. The van der Waals surface area contributed by atoms with Gasteiger partial charge in [-0.05, 0) is 92.5 Å². The molecule has 1 amide bonds. The van der Waals surface area contributed by atoms with Gasteiger partial charge in [-0.25, -0.2) is 16.8 Å². The molecule has 1 aliphatic heterocycles. The zero-order valence-electron chi connectivity index (χ0n) is 24.1. The first-order valence-electron chi connectivity index (χ1n) is 14.0. The lowest BCUT2D eigenvalue weighted by atomic mass is 9.93. The number of para-hydroxylation sites is 1. The molecule has 0 spiro atoms. The molecule has 4 aromatic rings. The number of piperidine rings is 1. The number of anilines is 1. The van der Waals surface area contributed by atoms with E-state index in [1.807, 2.05) is 30.3 Å². The third kappa shape index (κ3) is 7.75. The molecule has 1 fully saturated rings. The summed E-state index contributed by atoms with van der Waals surface area (Å²) in [6.45, 7) is 2.94. The fourth-order valence-electron chi connectivity index (χ4n) is 5.17. The van der Waals surface area contributed by atoms with Crippen molar-refractivity contribution < 1.29 is 26.2 Å². The lowest BCUT2D eigenvalue weighted by Crippen LogP contribution is -2.42. The molecule has 0 saturated carbocycles. The molecule has 1 aromatic heterocycles. The summed E-state index contributed by atoms with van der Waals surface area (Å²) in [5.74, 6) is 1.20. The average molecular weight is 623 g/mol. The van der Waals surface area contributed by atoms with E-state index >= 15 is 0 Å². The van der Waals surface area contributed by atoms with E-state index in [0.717, 1.165) is 37.9 Å². The van der Waals surface area contributed by atoms with Crippen molar-refractivity contribution in [2.24, 2.45) is 5.92 Å². The molecule has 0 unspecified atom stereocenters. The first-order valence-corrected chi connectivity index (χ1v) is 17.8. The van der Waals surface area contributed by atoms with Crippen LogP contribution in [0, 0.1) is 5.92 Å². The lowest BCUT2D eigenvalue weighted by Gasteiger charge is -2.33. The fraction of sp³-hybridized carbons (Fsp3) is 0.323. The number of likely N-dealkylation sites (tertiary alicyclic amines) is 1. The van der Waals surface area contributed by atoms with Gasteiger partial charge in [0, 0.05) is 48.8 Å². The van der Waals surface area contributed by atoms with Crippen LogP contribution >= 0.6 is 0 Å². The van der Waals surface area contributed by atoms with Crippen molar-refractivity contribution in [2.75, 3.05) is 43.6 Å². The van der Waals surface area contributed by atoms with Crippen molar-refractivity contribution in [1.82, 2.24) is 15.0 Å². The summed E-state index contributed by atoms with van der Waals surface area (Å²) >= 11 is 0. The maximum atomic E-state index is 13.5. The first-order chi connectivity index (χ1) is 20.5. The van der Waals surface area contributed by atoms with Gasteiger partial charge in [0.1, 0.15) is 0 Å². The molecular formula is C31H34N4O6S2. The third-order valence-electron chi connectivity index (χ3n) is 7.66. The van der Waals surface area contributed by atoms with Crippen LogP contribution in [-0.4, -0.2) is 76.5 Å². The summed E-state index contributed by atoms with van der Waals surface area (Å²) in [5, 5.41) is 4.08.